The molecule has 0 fully saturated rings. The van der Waals surface area contributed by atoms with Crippen LogP contribution in [0.2, 0.25) is 0 Å². The van der Waals surface area contributed by atoms with Gasteiger partial charge >= 0.3 is 0 Å². The fraction of sp³-hybridized carbons (Fsp3) is 0.533. The molecule has 0 aliphatic carbocycles. The summed E-state index contributed by atoms with van der Waals surface area (Å²) in [5.41, 5.74) is 3.65. The topological polar surface area (TPSA) is 20.3 Å². The first kappa shape index (κ1) is 13.4. The van der Waals surface area contributed by atoms with E-state index in [0.717, 1.165) is 25.1 Å². The normalized spacial score (nSPS) is 14.1. The van der Waals surface area contributed by atoms with E-state index < -0.39 is 0 Å². The predicted molar refractivity (Wildman–Crippen MR) is 76.4 cm³/mol. The van der Waals surface area contributed by atoms with Crippen LogP contribution in [0.4, 0.5) is 5.69 Å². The third kappa shape index (κ3) is 2.86. The molecule has 3 heteroatoms. The Balaban J connectivity index is 2.16. The Labute approximate surface area is 114 Å². The van der Waals surface area contributed by atoms with Gasteiger partial charge in [-0.1, -0.05) is 26.0 Å². The van der Waals surface area contributed by atoms with Gasteiger partial charge in [-0.25, -0.2) is 0 Å². The zero-order valence-electron chi connectivity index (χ0n) is 11.1. The Kier molecular flexibility index (Phi) is 4.28. The standard InChI is InChI=1S/C15H20ClNO/c1-11(2)9-15(18)17-8-6-13-10-12(5-7-16)3-4-14(13)17/h3-4,10-11H,5-9H2,1-2H3. The van der Waals surface area contributed by atoms with Gasteiger partial charge in [-0.2, -0.15) is 0 Å². The minimum absolute atomic E-state index is 0.244. The summed E-state index contributed by atoms with van der Waals surface area (Å²) < 4.78 is 0. The summed E-state index contributed by atoms with van der Waals surface area (Å²) in [5, 5.41) is 0. The molecule has 0 aromatic heterocycles. The lowest BCUT2D eigenvalue weighted by Gasteiger charge is -2.18. The molecule has 1 amide bonds. The molecule has 1 aliphatic heterocycles. The molecule has 98 valence electrons. The van der Waals surface area contributed by atoms with Crippen LogP contribution in [-0.4, -0.2) is 18.3 Å². The van der Waals surface area contributed by atoms with Crippen LogP contribution in [0.15, 0.2) is 18.2 Å². The van der Waals surface area contributed by atoms with E-state index in [9.17, 15) is 4.79 Å². The molecule has 0 unspecified atom stereocenters. The van der Waals surface area contributed by atoms with Crippen molar-refractivity contribution in [2.24, 2.45) is 5.92 Å². The number of carbonyl (C=O) groups excluding carboxylic acids is 1. The lowest BCUT2D eigenvalue weighted by Crippen LogP contribution is -2.29. The number of anilines is 1. The minimum Gasteiger partial charge on any atom is -0.312 e. The maximum atomic E-state index is 12.1. The number of alkyl halides is 1. The van der Waals surface area contributed by atoms with Crippen molar-refractivity contribution >= 4 is 23.2 Å². The largest absolute Gasteiger partial charge is 0.312 e. The van der Waals surface area contributed by atoms with Gasteiger partial charge in [0.2, 0.25) is 5.91 Å². The molecule has 0 spiro atoms. The maximum absolute atomic E-state index is 12.1. The number of benzene rings is 1. The zero-order chi connectivity index (χ0) is 13.1. The van der Waals surface area contributed by atoms with Crippen molar-refractivity contribution in [2.75, 3.05) is 17.3 Å². The second-order valence-corrected chi connectivity index (χ2v) is 5.67. The van der Waals surface area contributed by atoms with Crippen LogP contribution in [0.25, 0.3) is 0 Å². The molecular formula is C15H20ClNO. The minimum atomic E-state index is 0.244. The number of halogens is 1. The number of nitrogens with zero attached hydrogens (tertiary/aromatic N) is 1. The average molecular weight is 266 g/mol. The highest BCUT2D eigenvalue weighted by Gasteiger charge is 2.24. The molecular weight excluding hydrogens is 246 g/mol. The van der Waals surface area contributed by atoms with Crippen molar-refractivity contribution < 1.29 is 4.79 Å². The molecule has 1 aromatic rings. The van der Waals surface area contributed by atoms with Crippen molar-refractivity contribution in [1.82, 2.24) is 0 Å². The molecule has 0 N–H and O–H groups in total. The molecule has 2 rings (SSSR count). The molecule has 0 saturated heterocycles. The Morgan fingerprint density at radius 3 is 2.89 bits per heavy atom. The number of carbonyl (C=O) groups is 1. The number of fused-ring (bicyclic) bond motifs is 1. The van der Waals surface area contributed by atoms with E-state index in [1.807, 2.05) is 4.90 Å². The molecule has 18 heavy (non-hydrogen) atoms. The number of rotatable bonds is 4. The highest BCUT2D eigenvalue weighted by Crippen LogP contribution is 2.30. The second-order valence-electron chi connectivity index (χ2n) is 5.30. The van der Waals surface area contributed by atoms with Gasteiger partial charge < -0.3 is 4.90 Å². The predicted octanol–water partition coefficient (Wildman–Crippen LogP) is 3.40. The van der Waals surface area contributed by atoms with E-state index in [0.29, 0.717) is 18.2 Å². The van der Waals surface area contributed by atoms with Gasteiger partial charge in [0.15, 0.2) is 0 Å². The van der Waals surface area contributed by atoms with E-state index in [1.165, 1.54) is 11.1 Å². The van der Waals surface area contributed by atoms with Gasteiger partial charge in [-0.3, -0.25) is 4.79 Å². The van der Waals surface area contributed by atoms with Crippen LogP contribution in [0.5, 0.6) is 0 Å². The summed E-state index contributed by atoms with van der Waals surface area (Å²) >= 11 is 5.76. The third-order valence-electron chi connectivity index (χ3n) is 3.31. The van der Waals surface area contributed by atoms with Crippen LogP contribution in [-0.2, 0) is 17.6 Å². The Hall–Kier alpha value is -1.02. The van der Waals surface area contributed by atoms with Crippen LogP contribution < -0.4 is 4.90 Å². The summed E-state index contributed by atoms with van der Waals surface area (Å²) in [6.07, 6.45) is 2.49. The van der Waals surface area contributed by atoms with Crippen molar-refractivity contribution in [1.29, 1.82) is 0 Å². The Morgan fingerprint density at radius 2 is 2.22 bits per heavy atom. The van der Waals surface area contributed by atoms with Crippen molar-refractivity contribution in [2.45, 2.75) is 33.1 Å². The van der Waals surface area contributed by atoms with E-state index >= 15 is 0 Å². The van der Waals surface area contributed by atoms with Crippen LogP contribution >= 0.6 is 11.6 Å². The van der Waals surface area contributed by atoms with Crippen LogP contribution in [0.1, 0.15) is 31.4 Å². The lowest BCUT2D eigenvalue weighted by molar-refractivity contribution is -0.119. The molecule has 0 bridgehead atoms. The fourth-order valence-corrected chi connectivity index (χ4v) is 2.66. The summed E-state index contributed by atoms with van der Waals surface area (Å²) in [6.45, 7) is 4.99. The number of amides is 1. The van der Waals surface area contributed by atoms with Crippen molar-refractivity contribution in [3.05, 3.63) is 29.3 Å². The fourth-order valence-electron chi connectivity index (χ4n) is 2.44. The van der Waals surface area contributed by atoms with Gasteiger partial charge in [-0.05, 0) is 36.0 Å². The third-order valence-corrected chi connectivity index (χ3v) is 3.50. The SMILES string of the molecule is CC(C)CC(=O)N1CCc2cc(CCCl)ccc21. The first-order valence-corrected chi connectivity index (χ1v) is 7.13. The molecule has 1 heterocycles. The molecule has 1 aromatic carbocycles. The van der Waals surface area contributed by atoms with Gasteiger partial charge in [-0.15, -0.1) is 11.6 Å². The number of hydrogen-bond donors (Lipinski definition) is 0. The highest BCUT2D eigenvalue weighted by atomic mass is 35.5. The molecule has 0 radical (unpaired) electrons. The average Bonchev–Trinajstić information content (AvgIpc) is 2.71. The Morgan fingerprint density at radius 1 is 1.44 bits per heavy atom. The van der Waals surface area contributed by atoms with Gasteiger partial charge in [0.25, 0.3) is 0 Å². The summed E-state index contributed by atoms with van der Waals surface area (Å²) in [6, 6.07) is 6.35. The monoisotopic (exact) mass is 265 g/mol. The number of hydrogen-bond acceptors (Lipinski definition) is 1. The quantitative estimate of drug-likeness (QED) is 0.764. The maximum Gasteiger partial charge on any atom is 0.227 e. The molecule has 1 aliphatic rings. The lowest BCUT2D eigenvalue weighted by atomic mass is 10.1. The first-order valence-electron chi connectivity index (χ1n) is 6.60. The van der Waals surface area contributed by atoms with Crippen molar-refractivity contribution in [3.63, 3.8) is 0 Å². The highest BCUT2D eigenvalue weighted by molar-refractivity contribution is 6.18. The second kappa shape index (κ2) is 5.75. The Bertz CT molecular complexity index is 442. The van der Waals surface area contributed by atoms with Gasteiger partial charge in [0, 0.05) is 24.5 Å². The van der Waals surface area contributed by atoms with E-state index in [-0.39, 0.29) is 5.91 Å². The van der Waals surface area contributed by atoms with Gasteiger partial charge in [0.1, 0.15) is 0 Å². The van der Waals surface area contributed by atoms with E-state index in [4.69, 9.17) is 11.6 Å². The summed E-state index contributed by atoms with van der Waals surface area (Å²) in [7, 11) is 0. The summed E-state index contributed by atoms with van der Waals surface area (Å²) in [5.74, 6) is 1.31. The van der Waals surface area contributed by atoms with Crippen LogP contribution in [0, 0.1) is 5.92 Å². The first-order chi connectivity index (χ1) is 8.61. The van der Waals surface area contributed by atoms with Crippen LogP contribution in [0.3, 0.4) is 0 Å². The molecule has 0 saturated carbocycles. The smallest absolute Gasteiger partial charge is 0.227 e. The zero-order valence-corrected chi connectivity index (χ0v) is 11.8. The van der Waals surface area contributed by atoms with E-state index in [2.05, 4.69) is 32.0 Å². The van der Waals surface area contributed by atoms with Crippen molar-refractivity contribution in [3.8, 4) is 0 Å². The number of aryl methyl sites for hydroxylation is 1. The van der Waals surface area contributed by atoms with Gasteiger partial charge in [0.05, 0.1) is 0 Å². The summed E-state index contributed by atoms with van der Waals surface area (Å²) in [4.78, 5) is 14.1. The molecule has 0 atom stereocenters. The molecule has 2 nitrogen and oxygen atoms in total. The van der Waals surface area contributed by atoms with E-state index in [1.54, 1.807) is 0 Å².